The first-order chi connectivity index (χ1) is 10.0. The van der Waals surface area contributed by atoms with Gasteiger partial charge in [-0.2, -0.15) is 5.10 Å². The molecule has 0 aliphatic heterocycles. The Hall–Kier alpha value is -2.01. The molecule has 0 amide bonds. The van der Waals surface area contributed by atoms with Crippen LogP contribution in [0.2, 0.25) is 0 Å². The number of rotatable bonds is 6. The second-order valence-corrected chi connectivity index (χ2v) is 5.32. The van der Waals surface area contributed by atoms with Crippen molar-refractivity contribution in [2.24, 2.45) is 7.05 Å². The van der Waals surface area contributed by atoms with E-state index in [4.69, 9.17) is 5.11 Å². The van der Waals surface area contributed by atoms with Crippen LogP contribution in [0.5, 0.6) is 0 Å². The van der Waals surface area contributed by atoms with Crippen LogP contribution in [0.3, 0.4) is 0 Å². The van der Waals surface area contributed by atoms with E-state index in [1.54, 1.807) is 0 Å². The molecule has 0 atom stereocenters. The number of aliphatic hydroxyl groups excluding tert-OH is 1. The number of hydrogen-bond donors (Lipinski definition) is 2. The van der Waals surface area contributed by atoms with Gasteiger partial charge in [-0.05, 0) is 38.1 Å². The molecule has 0 aliphatic carbocycles. The summed E-state index contributed by atoms with van der Waals surface area (Å²) in [5, 5.41) is 16.8. The largest absolute Gasteiger partial charge is 0.395 e. The monoisotopic (exact) mass is 288 g/mol. The van der Waals surface area contributed by atoms with Crippen molar-refractivity contribution in [1.82, 2.24) is 9.78 Å². The molecule has 2 N–H and O–H groups in total. The second-order valence-electron chi connectivity index (χ2n) is 5.32. The van der Waals surface area contributed by atoms with E-state index in [2.05, 4.69) is 41.6 Å². The molecule has 0 spiro atoms. The zero-order valence-electron chi connectivity index (χ0n) is 13.2. The van der Waals surface area contributed by atoms with Crippen LogP contribution < -0.4 is 10.2 Å². The van der Waals surface area contributed by atoms with Gasteiger partial charge in [0.25, 0.3) is 0 Å². The maximum atomic E-state index is 8.95. The Balaban J connectivity index is 2.01. The van der Waals surface area contributed by atoms with Crippen LogP contribution in [-0.4, -0.2) is 35.1 Å². The summed E-state index contributed by atoms with van der Waals surface area (Å²) >= 11 is 0. The van der Waals surface area contributed by atoms with Gasteiger partial charge in [-0.25, -0.2) is 0 Å². The number of aromatic nitrogens is 2. The lowest BCUT2D eigenvalue weighted by Gasteiger charge is -2.18. The lowest BCUT2D eigenvalue weighted by Crippen LogP contribution is -2.20. The van der Waals surface area contributed by atoms with Crippen molar-refractivity contribution in [3.63, 3.8) is 0 Å². The normalized spacial score (nSPS) is 10.7. The minimum Gasteiger partial charge on any atom is -0.395 e. The highest BCUT2D eigenvalue weighted by atomic mass is 16.3. The quantitative estimate of drug-likeness (QED) is 0.854. The Morgan fingerprint density at radius 3 is 2.43 bits per heavy atom. The van der Waals surface area contributed by atoms with E-state index in [1.165, 1.54) is 11.3 Å². The summed E-state index contributed by atoms with van der Waals surface area (Å²) in [6, 6.07) is 8.23. The molecular formula is C16H24N4O. The van der Waals surface area contributed by atoms with Gasteiger partial charge in [0.15, 0.2) is 0 Å². The van der Waals surface area contributed by atoms with E-state index in [0.29, 0.717) is 6.54 Å². The second kappa shape index (κ2) is 6.63. The maximum absolute atomic E-state index is 8.95. The maximum Gasteiger partial charge on any atom is 0.0646 e. The summed E-state index contributed by atoms with van der Waals surface area (Å²) in [5.41, 5.74) is 5.70. The van der Waals surface area contributed by atoms with Crippen LogP contribution in [0.4, 0.5) is 11.4 Å². The van der Waals surface area contributed by atoms with Crippen molar-refractivity contribution in [3.8, 4) is 0 Å². The SMILES string of the molecule is Cc1nn(C)c(C)c1CNc1ccc(N(C)CCO)cc1. The standard InChI is InChI=1S/C16H24N4O/c1-12-16(13(2)20(4)18-12)11-17-14-5-7-15(8-6-14)19(3)9-10-21/h5-8,17,21H,9-11H2,1-4H3. The summed E-state index contributed by atoms with van der Waals surface area (Å²) in [6.45, 7) is 5.70. The van der Waals surface area contributed by atoms with Crippen molar-refractivity contribution < 1.29 is 5.11 Å². The highest BCUT2D eigenvalue weighted by Crippen LogP contribution is 2.19. The Morgan fingerprint density at radius 2 is 1.90 bits per heavy atom. The van der Waals surface area contributed by atoms with Crippen molar-refractivity contribution in [1.29, 1.82) is 0 Å². The lowest BCUT2D eigenvalue weighted by molar-refractivity contribution is 0.304. The van der Waals surface area contributed by atoms with E-state index >= 15 is 0 Å². The molecule has 1 aromatic heterocycles. The van der Waals surface area contributed by atoms with Crippen molar-refractivity contribution in [2.45, 2.75) is 20.4 Å². The van der Waals surface area contributed by atoms with Gasteiger partial charge in [0.1, 0.15) is 0 Å². The summed E-state index contributed by atoms with van der Waals surface area (Å²) in [4.78, 5) is 2.03. The smallest absolute Gasteiger partial charge is 0.0646 e. The number of likely N-dealkylation sites (N-methyl/N-ethyl adjacent to an activating group) is 1. The van der Waals surface area contributed by atoms with E-state index in [9.17, 15) is 0 Å². The van der Waals surface area contributed by atoms with Gasteiger partial charge < -0.3 is 15.3 Å². The summed E-state index contributed by atoms with van der Waals surface area (Å²) in [5.74, 6) is 0. The number of aryl methyl sites for hydroxylation is 2. The average Bonchev–Trinajstić information content (AvgIpc) is 2.71. The first-order valence-electron chi connectivity index (χ1n) is 7.18. The molecule has 21 heavy (non-hydrogen) atoms. The molecule has 0 saturated carbocycles. The third-order valence-corrected chi connectivity index (χ3v) is 3.87. The van der Waals surface area contributed by atoms with Gasteiger partial charge in [0, 0.05) is 49.8 Å². The predicted octanol–water partition coefficient (Wildman–Crippen LogP) is 2.08. The molecule has 5 heteroatoms. The zero-order chi connectivity index (χ0) is 15.4. The fraction of sp³-hybridized carbons (Fsp3) is 0.438. The summed E-state index contributed by atoms with van der Waals surface area (Å²) in [6.07, 6.45) is 0. The minimum atomic E-state index is 0.163. The van der Waals surface area contributed by atoms with Gasteiger partial charge in [-0.3, -0.25) is 4.68 Å². The molecule has 1 aromatic carbocycles. The van der Waals surface area contributed by atoms with Gasteiger partial charge in [0.05, 0.1) is 12.3 Å². The van der Waals surface area contributed by atoms with Crippen molar-refractivity contribution >= 4 is 11.4 Å². The Labute approximate surface area is 126 Å². The first kappa shape index (κ1) is 15.4. The number of nitrogens with zero attached hydrogens (tertiary/aromatic N) is 3. The molecule has 5 nitrogen and oxygen atoms in total. The summed E-state index contributed by atoms with van der Waals surface area (Å²) in [7, 11) is 3.94. The number of nitrogens with one attached hydrogen (secondary N) is 1. The van der Waals surface area contributed by atoms with Crippen LogP contribution >= 0.6 is 0 Å². The lowest BCUT2D eigenvalue weighted by atomic mass is 10.2. The fourth-order valence-corrected chi connectivity index (χ4v) is 2.38. The molecule has 0 aliphatic rings. The number of aliphatic hydroxyl groups is 1. The Bertz CT molecular complexity index is 589. The van der Waals surface area contributed by atoms with E-state index in [0.717, 1.165) is 23.6 Å². The molecule has 0 bridgehead atoms. The highest BCUT2D eigenvalue weighted by molar-refractivity contribution is 5.55. The average molecular weight is 288 g/mol. The first-order valence-corrected chi connectivity index (χ1v) is 7.18. The molecule has 1 heterocycles. The minimum absolute atomic E-state index is 0.163. The Morgan fingerprint density at radius 1 is 1.24 bits per heavy atom. The molecule has 0 saturated heterocycles. The third-order valence-electron chi connectivity index (χ3n) is 3.87. The van der Waals surface area contributed by atoms with E-state index < -0.39 is 0 Å². The molecule has 114 valence electrons. The van der Waals surface area contributed by atoms with Crippen LogP contribution in [-0.2, 0) is 13.6 Å². The number of anilines is 2. The zero-order valence-corrected chi connectivity index (χ0v) is 13.2. The highest BCUT2D eigenvalue weighted by Gasteiger charge is 2.08. The molecule has 0 radical (unpaired) electrons. The molecule has 2 rings (SSSR count). The predicted molar refractivity (Wildman–Crippen MR) is 86.8 cm³/mol. The van der Waals surface area contributed by atoms with E-state index in [1.807, 2.05) is 30.6 Å². The topological polar surface area (TPSA) is 53.3 Å². The fourth-order valence-electron chi connectivity index (χ4n) is 2.38. The van der Waals surface area contributed by atoms with Crippen LogP contribution in [0.15, 0.2) is 24.3 Å². The van der Waals surface area contributed by atoms with Crippen LogP contribution in [0, 0.1) is 13.8 Å². The van der Waals surface area contributed by atoms with E-state index in [-0.39, 0.29) is 6.61 Å². The van der Waals surface area contributed by atoms with Gasteiger partial charge in [-0.15, -0.1) is 0 Å². The van der Waals surface area contributed by atoms with Gasteiger partial charge in [-0.1, -0.05) is 0 Å². The molecule has 2 aromatic rings. The Kier molecular flexibility index (Phi) is 4.85. The molecule has 0 unspecified atom stereocenters. The van der Waals surface area contributed by atoms with Crippen molar-refractivity contribution in [3.05, 3.63) is 41.2 Å². The molecule has 0 fully saturated rings. The van der Waals surface area contributed by atoms with Crippen LogP contribution in [0.1, 0.15) is 17.0 Å². The van der Waals surface area contributed by atoms with Crippen LogP contribution in [0.25, 0.3) is 0 Å². The number of hydrogen-bond acceptors (Lipinski definition) is 4. The third kappa shape index (κ3) is 3.55. The van der Waals surface area contributed by atoms with Crippen molar-refractivity contribution in [2.75, 3.05) is 30.4 Å². The number of benzene rings is 1. The summed E-state index contributed by atoms with van der Waals surface area (Å²) < 4.78 is 1.92. The van der Waals surface area contributed by atoms with Gasteiger partial charge >= 0.3 is 0 Å². The van der Waals surface area contributed by atoms with Gasteiger partial charge in [0.2, 0.25) is 0 Å². The molecular weight excluding hydrogens is 264 g/mol.